The van der Waals surface area contributed by atoms with Crippen molar-refractivity contribution in [3.05, 3.63) is 41.6 Å². The maximum atomic E-state index is 11.6. The SMILES string of the molecule is Cl.NC(=O)c1cc(C2CNCCO2)nc2ccccc12. The van der Waals surface area contributed by atoms with Gasteiger partial charge in [0.1, 0.15) is 6.10 Å². The molecule has 5 nitrogen and oxygen atoms in total. The second-order valence-corrected chi connectivity index (χ2v) is 4.54. The Kier molecular flexibility index (Phi) is 4.54. The van der Waals surface area contributed by atoms with Gasteiger partial charge in [-0.15, -0.1) is 12.4 Å². The molecule has 1 amide bonds. The van der Waals surface area contributed by atoms with Gasteiger partial charge in [-0.2, -0.15) is 0 Å². The predicted molar refractivity (Wildman–Crippen MR) is 79.1 cm³/mol. The van der Waals surface area contributed by atoms with Gasteiger partial charge < -0.3 is 15.8 Å². The van der Waals surface area contributed by atoms with Gasteiger partial charge in [-0.25, -0.2) is 4.98 Å². The van der Waals surface area contributed by atoms with Gasteiger partial charge in [0, 0.05) is 18.5 Å². The number of hydrogen-bond acceptors (Lipinski definition) is 4. The maximum absolute atomic E-state index is 11.6. The van der Waals surface area contributed by atoms with Crippen molar-refractivity contribution in [2.45, 2.75) is 6.10 Å². The quantitative estimate of drug-likeness (QED) is 0.878. The summed E-state index contributed by atoms with van der Waals surface area (Å²) < 4.78 is 5.67. The van der Waals surface area contributed by atoms with E-state index in [-0.39, 0.29) is 18.5 Å². The van der Waals surface area contributed by atoms with Crippen LogP contribution in [0.4, 0.5) is 0 Å². The average molecular weight is 294 g/mol. The van der Waals surface area contributed by atoms with Crippen molar-refractivity contribution in [2.24, 2.45) is 5.73 Å². The van der Waals surface area contributed by atoms with Crippen LogP contribution in [0, 0.1) is 0 Å². The van der Waals surface area contributed by atoms with E-state index in [2.05, 4.69) is 10.3 Å². The van der Waals surface area contributed by atoms with Gasteiger partial charge in [-0.3, -0.25) is 4.79 Å². The molecule has 1 atom stereocenters. The van der Waals surface area contributed by atoms with E-state index in [1.165, 1.54) is 0 Å². The van der Waals surface area contributed by atoms with Crippen LogP contribution < -0.4 is 11.1 Å². The number of amides is 1. The second-order valence-electron chi connectivity index (χ2n) is 4.54. The Hall–Kier alpha value is -1.69. The number of morpholine rings is 1. The van der Waals surface area contributed by atoms with Crippen LogP contribution in [0.1, 0.15) is 22.2 Å². The van der Waals surface area contributed by atoms with E-state index in [0.717, 1.165) is 23.1 Å². The number of carbonyl (C=O) groups excluding carboxylic acids is 1. The van der Waals surface area contributed by atoms with E-state index < -0.39 is 5.91 Å². The summed E-state index contributed by atoms with van der Waals surface area (Å²) in [5, 5.41) is 4.03. The minimum absolute atomic E-state index is 0. The van der Waals surface area contributed by atoms with Crippen LogP contribution in [0.2, 0.25) is 0 Å². The number of nitrogens with one attached hydrogen (secondary N) is 1. The van der Waals surface area contributed by atoms with E-state index in [1.54, 1.807) is 6.07 Å². The first-order valence-electron chi connectivity index (χ1n) is 6.27. The number of ether oxygens (including phenoxy) is 1. The molecule has 1 aromatic heterocycles. The molecule has 2 aromatic rings. The second kappa shape index (κ2) is 6.17. The standard InChI is InChI=1S/C14H15N3O2.ClH/c15-14(18)10-7-12(13-8-16-5-6-19-13)17-11-4-2-1-3-9(10)11;/h1-4,7,13,16H,5-6,8H2,(H2,15,18);1H. The lowest BCUT2D eigenvalue weighted by Crippen LogP contribution is -2.34. The van der Waals surface area contributed by atoms with Crippen molar-refractivity contribution in [1.29, 1.82) is 0 Å². The van der Waals surface area contributed by atoms with Crippen molar-refractivity contribution in [1.82, 2.24) is 10.3 Å². The van der Waals surface area contributed by atoms with Crippen LogP contribution in [0.3, 0.4) is 0 Å². The van der Waals surface area contributed by atoms with Crippen LogP contribution >= 0.6 is 12.4 Å². The van der Waals surface area contributed by atoms with Crippen LogP contribution in [-0.4, -0.2) is 30.6 Å². The largest absolute Gasteiger partial charge is 0.369 e. The van der Waals surface area contributed by atoms with Crippen molar-refractivity contribution >= 4 is 29.2 Å². The molecular weight excluding hydrogens is 278 g/mol. The lowest BCUT2D eigenvalue weighted by Gasteiger charge is -2.23. The third-order valence-corrected chi connectivity index (χ3v) is 3.26. The normalized spacial score (nSPS) is 18.5. The first kappa shape index (κ1) is 14.7. The molecule has 0 saturated carbocycles. The van der Waals surface area contributed by atoms with Crippen LogP contribution in [0.15, 0.2) is 30.3 Å². The molecular formula is C14H16ClN3O2. The number of nitrogens with zero attached hydrogens (tertiary/aromatic N) is 1. The first-order chi connectivity index (χ1) is 9.25. The fraction of sp³-hybridized carbons (Fsp3) is 0.286. The Morgan fingerprint density at radius 3 is 2.90 bits per heavy atom. The van der Waals surface area contributed by atoms with Crippen molar-refractivity contribution in [3.8, 4) is 0 Å². The van der Waals surface area contributed by atoms with Gasteiger partial charge in [-0.05, 0) is 12.1 Å². The van der Waals surface area contributed by atoms with Crippen LogP contribution in [-0.2, 0) is 4.74 Å². The minimum Gasteiger partial charge on any atom is -0.369 e. The molecule has 20 heavy (non-hydrogen) atoms. The van der Waals surface area contributed by atoms with E-state index in [4.69, 9.17) is 10.5 Å². The molecule has 1 aliphatic heterocycles. The molecule has 3 rings (SSSR count). The first-order valence-corrected chi connectivity index (χ1v) is 6.27. The Morgan fingerprint density at radius 1 is 1.40 bits per heavy atom. The van der Waals surface area contributed by atoms with Gasteiger partial charge in [0.15, 0.2) is 0 Å². The zero-order chi connectivity index (χ0) is 13.2. The number of primary amides is 1. The smallest absolute Gasteiger partial charge is 0.249 e. The molecule has 3 N–H and O–H groups in total. The summed E-state index contributed by atoms with van der Waals surface area (Å²) in [6, 6.07) is 9.23. The maximum Gasteiger partial charge on any atom is 0.249 e. The topological polar surface area (TPSA) is 77.2 Å². The molecule has 0 radical (unpaired) electrons. The molecule has 0 spiro atoms. The van der Waals surface area contributed by atoms with Crippen LogP contribution in [0.25, 0.3) is 10.9 Å². The summed E-state index contributed by atoms with van der Waals surface area (Å²) in [5.74, 6) is -0.441. The van der Waals surface area contributed by atoms with Gasteiger partial charge in [0.25, 0.3) is 0 Å². The summed E-state index contributed by atoms with van der Waals surface area (Å²) >= 11 is 0. The van der Waals surface area contributed by atoms with Crippen molar-refractivity contribution in [2.75, 3.05) is 19.7 Å². The van der Waals surface area contributed by atoms with E-state index in [1.807, 2.05) is 24.3 Å². The third-order valence-electron chi connectivity index (χ3n) is 3.26. The minimum atomic E-state index is -0.441. The molecule has 1 aliphatic rings. The summed E-state index contributed by atoms with van der Waals surface area (Å²) in [4.78, 5) is 16.2. The predicted octanol–water partition coefficient (Wildman–Crippen LogP) is 1.42. The Morgan fingerprint density at radius 2 is 2.20 bits per heavy atom. The Balaban J connectivity index is 0.00000147. The number of rotatable bonds is 2. The van der Waals surface area contributed by atoms with Gasteiger partial charge in [-0.1, -0.05) is 18.2 Å². The highest BCUT2D eigenvalue weighted by atomic mass is 35.5. The number of carbonyl (C=O) groups is 1. The number of hydrogen-bond donors (Lipinski definition) is 2. The van der Waals surface area contributed by atoms with Crippen LogP contribution in [0.5, 0.6) is 0 Å². The Bertz CT molecular complexity index is 627. The van der Waals surface area contributed by atoms with E-state index >= 15 is 0 Å². The molecule has 0 aliphatic carbocycles. The molecule has 0 bridgehead atoms. The molecule has 106 valence electrons. The van der Waals surface area contributed by atoms with Gasteiger partial charge in [0.2, 0.25) is 5.91 Å². The lowest BCUT2D eigenvalue weighted by atomic mass is 10.0. The third kappa shape index (κ3) is 2.75. The highest BCUT2D eigenvalue weighted by Gasteiger charge is 2.20. The molecule has 6 heteroatoms. The van der Waals surface area contributed by atoms with E-state index in [0.29, 0.717) is 18.7 Å². The van der Waals surface area contributed by atoms with E-state index in [9.17, 15) is 4.79 Å². The fourth-order valence-corrected chi connectivity index (χ4v) is 2.32. The summed E-state index contributed by atoms with van der Waals surface area (Å²) in [6.07, 6.45) is -0.128. The molecule has 1 unspecified atom stereocenters. The summed E-state index contributed by atoms with van der Waals surface area (Å²) in [6.45, 7) is 2.18. The number of nitrogens with two attached hydrogens (primary N) is 1. The molecule has 1 saturated heterocycles. The molecule has 1 aromatic carbocycles. The van der Waals surface area contributed by atoms with Crippen molar-refractivity contribution < 1.29 is 9.53 Å². The van der Waals surface area contributed by atoms with Crippen molar-refractivity contribution in [3.63, 3.8) is 0 Å². The number of aromatic nitrogens is 1. The number of benzene rings is 1. The Labute approximate surface area is 122 Å². The highest BCUT2D eigenvalue weighted by molar-refractivity contribution is 6.05. The fourth-order valence-electron chi connectivity index (χ4n) is 2.32. The number of fused-ring (bicyclic) bond motifs is 1. The number of pyridine rings is 1. The summed E-state index contributed by atoms with van der Waals surface area (Å²) in [7, 11) is 0. The monoisotopic (exact) mass is 293 g/mol. The summed E-state index contributed by atoms with van der Waals surface area (Å²) in [5.41, 5.74) is 7.47. The zero-order valence-corrected chi connectivity index (χ0v) is 11.7. The number of halogens is 1. The van der Waals surface area contributed by atoms with Gasteiger partial charge in [0.05, 0.1) is 23.4 Å². The van der Waals surface area contributed by atoms with Gasteiger partial charge >= 0.3 is 0 Å². The molecule has 1 fully saturated rings. The lowest BCUT2D eigenvalue weighted by molar-refractivity contribution is 0.0252. The average Bonchev–Trinajstić information content (AvgIpc) is 2.47. The zero-order valence-electron chi connectivity index (χ0n) is 10.8. The molecule has 2 heterocycles. The highest BCUT2D eigenvalue weighted by Crippen LogP contribution is 2.23. The number of para-hydroxylation sites is 1.